The number of thioether (sulfide) groups is 2. The molecule has 0 saturated carbocycles. The first-order valence-electron chi connectivity index (χ1n) is 8.81. The van der Waals surface area contributed by atoms with Gasteiger partial charge in [-0.25, -0.2) is 4.98 Å². The van der Waals surface area contributed by atoms with E-state index in [2.05, 4.69) is 15.0 Å². The minimum Gasteiger partial charge on any atom is -0.406 e. The molecule has 0 spiro atoms. The van der Waals surface area contributed by atoms with Crippen LogP contribution < -0.4 is 15.6 Å². The Hall–Kier alpha value is -2.18. The number of methoxy groups -OCH3 is 1. The van der Waals surface area contributed by atoms with Gasteiger partial charge in [0.2, 0.25) is 5.91 Å². The Morgan fingerprint density at radius 3 is 2.73 bits per heavy atom. The van der Waals surface area contributed by atoms with E-state index in [-0.39, 0.29) is 23.0 Å². The molecule has 0 atom stereocenters. The maximum Gasteiger partial charge on any atom is 0.573 e. The first-order chi connectivity index (χ1) is 14.3. The molecule has 2 aromatic rings. The van der Waals surface area contributed by atoms with Gasteiger partial charge in [-0.05, 0) is 24.3 Å². The minimum absolute atomic E-state index is 0.0217. The average molecular weight is 461 g/mol. The van der Waals surface area contributed by atoms with Crippen LogP contribution in [0.2, 0.25) is 0 Å². The molecule has 1 N–H and O–H groups in total. The van der Waals surface area contributed by atoms with Gasteiger partial charge in [0.05, 0.1) is 29.5 Å². The van der Waals surface area contributed by atoms with Gasteiger partial charge in [-0.15, -0.1) is 24.9 Å². The number of aromatic nitrogens is 2. The average Bonchev–Trinajstić information content (AvgIpc) is 3.15. The number of carbonyl (C=O) groups is 1. The molecule has 1 aromatic heterocycles. The third kappa shape index (κ3) is 5.92. The summed E-state index contributed by atoms with van der Waals surface area (Å²) in [5.41, 5.74) is 0.926. The van der Waals surface area contributed by atoms with Crippen LogP contribution in [0.4, 0.5) is 18.9 Å². The Kier molecular flexibility index (Phi) is 7.32. The zero-order valence-electron chi connectivity index (χ0n) is 15.8. The summed E-state index contributed by atoms with van der Waals surface area (Å²) in [5.74, 6) is 0.0144. The Balaban J connectivity index is 1.64. The lowest BCUT2D eigenvalue weighted by Gasteiger charge is -2.13. The number of nitrogens with zero attached hydrogens (tertiary/aromatic N) is 2. The van der Waals surface area contributed by atoms with E-state index in [1.165, 1.54) is 35.6 Å². The van der Waals surface area contributed by atoms with Crippen LogP contribution in [-0.4, -0.2) is 47.0 Å². The molecule has 1 aromatic carbocycles. The number of benzene rings is 1. The van der Waals surface area contributed by atoms with Crippen LogP contribution in [0, 0.1) is 0 Å². The molecule has 1 aliphatic heterocycles. The molecule has 2 heterocycles. The number of carbonyl (C=O) groups excluding carboxylic acids is 1. The van der Waals surface area contributed by atoms with Crippen molar-refractivity contribution in [3.8, 4) is 5.75 Å². The highest BCUT2D eigenvalue weighted by Gasteiger charge is 2.31. The van der Waals surface area contributed by atoms with E-state index in [1.807, 2.05) is 0 Å². The van der Waals surface area contributed by atoms with Crippen molar-refractivity contribution in [3.05, 3.63) is 40.3 Å². The second-order valence-corrected chi connectivity index (χ2v) is 8.17. The molecule has 12 heteroatoms. The van der Waals surface area contributed by atoms with Crippen LogP contribution >= 0.6 is 23.5 Å². The van der Waals surface area contributed by atoms with Crippen LogP contribution in [0.1, 0.15) is 5.69 Å². The largest absolute Gasteiger partial charge is 0.573 e. The highest BCUT2D eigenvalue weighted by atomic mass is 32.2. The van der Waals surface area contributed by atoms with E-state index < -0.39 is 6.36 Å². The molecule has 0 aliphatic carbocycles. The number of fused-ring (bicyclic) bond motifs is 1. The number of ether oxygens (including phenoxy) is 2. The molecule has 0 saturated heterocycles. The minimum atomic E-state index is -4.78. The highest BCUT2D eigenvalue weighted by molar-refractivity contribution is 8.00. The molecule has 30 heavy (non-hydrogen) atoms. The van der Waals surface area contributed by atoms with Crippen molar-refractivity contribution in [1.29, 1.82) is 0 Å². The summed E-state index contributed by atoms with van der Waals surface area (Å²) in [6, 6.07) is 4.84. The fraction of sp³-hybridized carbons (Fsp3) is 0.389. The van der Waals surface area contributed by atoms with Gasteiger partial charge in [0, 0.05) is 25.0 Å². The summed E-state index contributed by atoms with van der Waals surface area (Å²) in [5, 5.41) is 3.02. The number of hydrogen-bond donors (Lipinski definition) is 1. The summed E-state index contributed by atoms with van der Waals surface area (Å²) in [6.07, 6.45) is -4.08. The predicted molar refractivity (Wildman–Crippen MR) is 107 cm³/mol. The molecule has 0 bridgehead atoms. The van der Waals surface area contributed by atoms with Gasteiger partial charge in [0.1, 0.15) is 5.75 Å². The molecule has 7 nitrogen and oxygen atoms in total. The van der Waals surface area contributed by atoms with Gasteiger partial charge < -0.3 is 14.8 Å². The van der Waals surface area contributed by atoms with Crippen molar-refractivity contribution >= 4 is 35.1 Å². The van der Waals surface area contributed by atoms with Crippen molar-refractivity contribution in [2.24, 2.45) is 0 Å². The lowest BCUT2D eigenvalue weighted by Crippen LogP contribution is -2.27. The molecule has 0 radical (unpaired) electrons. The maximum absolute atomic E-state index is 12.7. The molecular weight excluding hydrogens is 443 g/mol. The second-order valence-electron chi connectivity index (χ2n) is 6.13. The van der Waals surface area contributed by atoms with Crippen molar-refractivity contribution in [3.63, 3.8) is 0 Å². The van der Waals surface area contributed by atoms with Gasteiger partial charge in [-0.2, -0.15) is 0 Å². The van der Waals surface area contributed by atoms with E-state index in [4.69, 9.17) is 4.74 Å². The SMILES string of the molecule is COCCn1c(SCC(=O)Nc2ccc(OC(F)(F)F)cc2)nc2c(c1=O)SCC2. The Bertz CT molecular complexity index is 965. The van der Waals surface area contributed by atoms with Crippen LogP contribution in [-0.2, 0) is 22.5 Å². The number of anilines is 1. The quantitative estimate of drug-likeness (QED) is 0.478. The van der Waals surface area contributed by atoms with Gasteiger partial charge in [-0.1, -0.05) is 11.8 Å². The molecule has 3 rings (SSSR count). The summed E-state index contributed by atoms with van der Waals surface area (Å²) < 4.78 is 47.0. The normalized spacial score (nSPS) is 13.2. The number of hydrogen-bond acceptors (Lipinski definition) is 7. The van der Waals surface area contributed by atoms with Gasteiger partial charge in [-0.3, -0.25) is 14.2 Å². The standard InChI is InChI=1S/C18H18F3N3O4S2/c1-27-8-7-24-16(26)15-13(6-9-29-15)23-17(24)30-10-14(25)22-11-2-4-12(5-3-11)28-18(19,20)21/h2-5H,6-10H2,1H3,(H,22,25). The van der Waals surface area contributed by atoms with Gasteiger partial charge >= 0.3 is 6.36 Å². The fourth-order valence-electron chi connectivity index (χ4n) is 2.68. The van der Waals surface area contributed by atoms with Crippen LogP contribution in [0.5, 0.6) is 5.75 Å². The van der Waals surface area contributed by atoms with E-state index >= 15 is 0 Å². The predicted octanol–water partition coefficient (Wildman–Crippen LogP) is 3.17. The number of aryl methyl sites for hydroxylation is 1. The second kappa shape index (κ2) is 9.75. The van der Waals surface area contributed by atoms with E-state index in [0.29, 0.717) is 35.3 Å². The van der Waals surface area contributed by atoms with Crippen molar-refractivity contribution < 1.29 is 27.4 Å². The molecule has 0 unspecified atom stereocenters. The Labute approximate surface area is 178 Å². The molecule has 162 valence electrons. The zero-order valence-corrected chi connectivity index (χ0v) is 17.5. The summed E-state index contributed by atoms with van der Waals surface area (Å²) in [7, 11) is 1.53. The molecular formula is C18H18F3N3O4S2. The first kappa shape index (κ1) is 22.5. The smallest absolute Gasteiger partial charge is 0.406 e. The van der Waals surface area contributed by atoms with Gasteiger partial charge in [0.15, 0.2) is 5.16 Å². The summed E-state index contributed by atoms with van der Waals surface area (Å²) in [6.45, 7) is 0.651. The third-order valence-corrected chi connectivity index (χ3v) is 6.05. The number of nitrogens with one attached hydrogen (secondary N) is 1. The van der Waals surface area contributed by atoms with Crippen molar-refractivity contribution in [2.75, 3.05) is 30.5 Å². The first-order valence-corrected chi connectivity index (χ1v) is 10.8. The van der Waals surface area contributed by atoms with E-state index in [0.717, 1.165) is 35.3 Å². The van der Waals surface area contributed by atoms with Crippen molar-refractivity contribution in [1.82, 2.24) is 9.55 Å². The lowest BCUT2D eigenvalue weighted by molar-refractivity contribution is -0.274. The number of rotatable bonds is 8. The number of halogens is 3. The van der Waals surface area contributed by atoms with Crippen molar-refractivity contribution in [2.45, 2.75) is 29.4 Å². The number of alkyl halides is 3. The summed E-state index contributed by atoms with van der Waals surface area (Å²) >= 11 is 2.59. The summed E-state index contributed by atoms with van der Waals surface area (Å²) in [4.78, 5) is 30.1. The Morgan fingerprint density at radius 1 is 1.33 bits per heavy atom. The third-order valence-electron chi connectivity index (χ3n) is 3.97. The monoisotopic (exact) mass is 461 g/mol. The van der Waals surface area contributed by atoms with Crippen LogP contribution in [0.3, 0.4) is 0 Å². The lowest BCUT2D eigenvalue weighted by atomic mass is 10.3. The maximum atomic E-state index is 12.7. The highest BCUT2D eigenvalue weighted by Crippen LogP contribution is 2.29. The molecule has 1 aliphatic rings. The molecule has 1 amide bonds. The fourth-order valence-corrected chi connectivity index (χ4v) is 4.57. The number of amides is 1. The molecule has 0 fully saturated rings. The van der Waals surface area contributed by atoms with Crippen LogP contribution in [0.15, 0.2) is 39.1 Å². The van der Waals surface area contributed by atoms with Gasteiger partial charge in [0.25, 0.3) is 5.56 Å². The van der Waals surface area contributed by atoms with Crippen LogP contribution in [0.25, 0.3) is 0 Å². The topological polar surface area (TPSA) is 82.4 Å². The van der Waals surface area contributed by atoms with E-state index in [9.17, 15) is 22.8 Å². The van der Waals surface area contributed by atoms with E-state index in [1.54, 1.807) is 0 Å². The zero-order chi connectivity index (χ0) is 21.7. The Morgan fingerprint density at radius 2 is 2.07 bits per heavy atom.